The zero-order chi connectivity index (χ0) is 23.1. The Morgan fingerprint density at radius 2 is 1.88 bits per heavy atom. The van der Waals surface area contributed by atoms with Crippen molar-refractivity contribution in [3.63, 3.8) is 0 Å². The average Bonchev–Trinajstić information content (AvgIpc) is 3.38. The number of thioether (sulfide) groups is 1. The zero-order valence-electron chi connectivity index (χ0n) is 18.9. The molecule has 1 N–H and O–H groups in total. The molecule has 0 amide bonds. The van der Waals surface area contributed by atoms with Crippen molar-refractivity contribution < 1.29 is 0 Å². The standard InChI is InChI=1S/C22H27N7O2S2/c1-14(13-32-22-23-15-6-4-5-7-16(15)33-22)12-29-17-18(27(3)21(31)25-19(17)30)24-20(29)28-10-8-26(2)9-11-28/h4-7,14H,8-13H2,1-3H3,(H,25,30,31). The van der Waals surface area contributed by atoms with E-state index in [4.69, 9.17) is 9.97 Å². The van der Waals surface area contributed by atoms with Crippen molar-refractivity contribution in [1.29, 1.82) is 0 Å². The van der Waals surface area contributed by atoms with Crippen LogP contribution in [-0.4, -0.2) is 68.0 Å². The number of anilines is 1. The number of imidazole rings is 1. The molecule has 1 aliphatic heterocycles. The number of hydrogen-bond acceptors (Lipinski definition) is 8. The van der Waals surface area contributed by atoms with Gasteiger partial charge in [-0.1, -0.05) is 30.8 Å². The van der Waals surface area contributed by atoms with Crippen molar-refractivity contribution in [2.75, 3.05) is 43.9 Å². The predicted molar refractivity (Wildman–Crippen MR) is 135 cm³/mol. The number of nitrogens with zero attached hydrogens (tertiary/aromatic N) is 6. The molecule has 0 saturated carbocycles. The first-order valence-electron chi connectivity index (χ1n) is 11.0. The SMILES string of the molecule is CC(CSc1nc2ccccc2s1)Cn1c(N2CCN(C)CC2)nc2c1c(=O)[nH]c(=O)n2C. The van der Waals surface area contributed by atoms with Crippen LogP contribution in [0.1, 0.15) is 6.92 Å². The number of H-pyrrole nitrogens is 1. The molecule has 174 valence electrons. The van der Waals surface area contributed by atoms with Gasteiger partial charge in [-0.2, -0.15) is 4.98 Å². The maximum Gasteiger partial charge on any atom is 0.329 e. The quantitative estimate of drug-likeness (QED) is 0.419. The maximum absolute atomic E-state index is 12.8. The summed E-state index contributed by atoms with van der Waals surface area (Å²) in [5.74, 6) is 1.90. The Morgan fingerprint density at radius 3 is 2.64 bits per heavy atom. The Hall–Kier alpha value is -2.63. The van der Waals surface area contributed by atoms with Gasteiger partial charge in [-0.25, -0.2) is 9.78 Å². The third-order valence-electron chi connectivity index (χ3n) is 6.03. The van der Waals surface area contributed by atoms with Crippen molar-refractivity contribution in [2.24, 2.45) is 13.0 Å². The van der Waals surface area contributed by atoms with Crippen LogP contribution in [0.3, 0.4) is 0 Å². The molecular weight excluding hydrogens is 458 g/mol. The van der Waals surface area contributed by atoms with Crippen molar-refractivity contribution in [1.82, 2.24) is 29.0 Å². The molecule has 0 aliphatic carbocycles. The molecule has 4 aromatic rings. The van der Waals surface area contributed by atoms with Gasteiger partial charge in [0.2, 0.25) is 5.95 Å². The van der Waals surface area contributed by atoms with E-state index in [0.29, 0.717) is 17.7 Å². The summed E-state index contributed by atoms with van der Waals surface area (Å²) in [5.41, 5.74) is 1.10. The van der Waals surface area contributed by atoms with Crippen molar-refractivity contribution >= 4 is 50.4 Å². The molecule has 1 unspecified atom stereocenters. The van der Waals surface area contributed by atoms with Crippen LogP contribution in [0, 0.1) is 5.92 Å². The van der Waals surface area contributed by atoms with E-state index in [1.165, 1.54) is 9.27 Å². The van der Waals surface area contributed by atoms with Crippen LogP contribution in [-0.2, 0) is 13.6 Å². The highest BCUT2D eigenvalue weighted by atomic mass is 32.2. The highest BCUT2D eigenvalue weighted by molar-refractivity contribution is 8.01. The highest BCUT2D eigenvalue weighted by Gasteiger charge is 2.25. The number of aromatic nitrogens is 5. The summed E-state index contributed by atoms with van der Waals surface area (Å²) in [7, 11) is 3.76. The number of hydrogen-bond donors (Lipinski definition) is 1. The molecule has 3 aromatic heterocycles. The monoisotopic (exact) mass is 485 g/mol. The molecule has 11 heteroatoms. The van der Waals surface area contributed by atoms with Crippen molar-refractivity contribution in [2.45, 2.75) is 17.8 Å². The minimum atomic E-state index is -0.443. The van der Waals surface area contributed by atoms with E-state index in [0.717, 1.165) is 47.7 Å². The average molecular weight is 486 g/mol. The van der Waals surface area contributed by atoms with E-state index >= 15 is 0 Å². The molecule has 1 fully saturated rings. The van der Waals surface area contributed by atoms with E-state index in [1.807, 2.05) is 22.8 Å². The van der Waals surface area contributed by atoms with Gasteiger partial charge in [0.05, 0.1) is 10.2 Å². The lowest BCUT2D eigenvalue weighted by atomic mass is 10.2. The van der Waals surface area contributed by atoms with E-state index in [2.05, 4.69) is 34.8 Å². The molecule has 5 rings (SSSR count). The molecule has 0 radical (unpaired) electrons. The number of piperazine rings is 1. The van der Waals surface area contributed by atoms with Crippen LogP contribution in [0.4, 0.5) is 5.95 Å². The second-order valence-corrected chi connectivity index (χ2v) is 11.0. The fraction of sp³-hybridized carbons (Fsp3) is 0.455. The summed E-state index contributed by atoms with van der Waals surface area (Å²) in [4.78, 5) is 41.4. The van der Waals surface area contributed by atoms with Crippen molar-refractivity contribution in [3.05, 3.63) is 45.1 Å². The number of aryl methyl sites for hydroxylation is 1. The Labute approximate surface area is 199 Å². The largest absolute Gasteiger partial charge is 0.340 e. The molecule has 33 heavy (non-hydrogen) atoms. The first-order valence-corrected chi connectivity index (χ1v) is 12.8. The number of aromatic amines is 1. The molecule has 1 atom stereocenters. The van der Waals surface area contributed by atoms with Gasteiger partial charge < -0.3 is 14.4 Å². The number of para-hydroxylation sites is 1. The third-order valence-corrected chi connectivity index (χ3v) is 8.54. The minimum Gasteiger partial charge on any atom is -0.340 e. The van der Waals surface area contributed by atoms with E-state index in [-0.39, 0.29) is 11.5 Å². The lowest BCUT2D eigenvalue weighted by Gasteiger charge is -2.33. The summed E-state index contributed by atoms with van der Waals surface area (Å²) in [6.07, 6.45) is 0. The first-order chi connectivity index (χ1) is 15.9. The Bertz CT molecular complexity index is 1380. The number of rotatable bonds is 6. The lowest BCUT2D eigenvalue weighted by molar-refractivity contribution is 0.309. The van der Waals surface area contributed by atoms with Crippen LogP contribution < -0.4 is 16.1 Å². The first kappa shape index (κ1) is 22.2. The number of thiazole rings is 1. The van der Waals surface area contributed by atoms with Gasteiger partial charge in [-0.05, 0) is 25.1 Å². The summed E-state index contributed by atoms with van der Waals surface area (Å²) in [5, 5.41) is 0. The Morgan fingerprint density at radius 1 is 1.12 bits per heavy atom. The highest BCUT2D eigenvalue weighted by Crippen LogP contribution is 2.31. The number of benzene rings is 1. The van der Waals surface area contributed by atoms with Gasteiger partial charge >= 0.3 is 5.69 Å². The second kappa shape index (κ2) is 8.96. The van der Waals surface area contributed by atoms with Crippen LogP contribution in [0.25, 0.3) is 21.4 Å². The summed E-state index contributed by atoms with van der Waals surface area (Å²) < 4.78 is 5.67. The van der Waals surface area contributed by atoms with Crippen LogP contribution >= 0.6 is 23.1 Å². The van der Waals surface area contributed by atoms with Crippen LogP contribution in [0.15, 0.2) is 38.2 Å². The summed E-state index contributed by atoms with van der Waals surface area (Å²) in [6, 6.07) is 8.17. The maximum atomic E-state index is 12.8. The Balaban J connectivity index is 1.44. The molecule has 1 saturated heterocycles. The molecular formula is C22H27N7O2S2. The lowest BCUT2D eigenvalue weighted by Crippen LogP contribution is -2.45. The predicted octanol–water partition coefficient (Wildman–Crippen LogP) is 2.21. The molecule has 0 bridgehead atoms. The molecule has 1 aliphatic rings. The fourth-order valence-electron chi connectivity index (χ4n) is 4.13. The number of fused-ring (bicyclic) bond motifs is 2. The van der Waals surface area contributed by atoms with Gasteiger partial charge in [0, 0.05) is 45.5 Å². The summed E-state index contributed by atoms with van der Waals surface area (Å²) >= 11 is 3.45. The molecule has 9 nitrogen and oxygen atoms in total. The minimum absolute atomic E-state index is 0.266. The van der Waals surface area contributed by atoms with E-state index in [9.17, 15) is 9.59 Å². The summed E-state index contributed by atoms with van der Waals surface area (Å²) in [6.45, 7) is 6.34. The second-order valence-electron chi connectivity index (χ2n) is 8.67. The smallest absolute Gasteiger partial charge is 0.329 e. The van der Waals surface area contributed by atoms with E-state index in [1.54, 1.807) is 30.1 Å². The number of likely N-dealkylation sites (N-methyl/N-ethyl adjacent to an activating group) is 1. The van der Waals surface area contributed by atoms with Gasteiger partial charge in [0.1, 0.15) is 0 Å². The van der Waals surface area contributed by atoms with Gasteiger partial charge in [0.15, 0.2) is 15.5 Å². The third kappa shape index (κ3) is 4.32. The van der Waals surface area contributed by atoms with Crippen LogP contribution in [0.5, 0.6) is 0 Å². The van der Waals surface area contributed by atoms with Gasteiger partial charge in [0.25, 0.3) is 5.56 Å². The molecule has 4 heterocycles. The molecule has 1 aromatic carbocycles. The van der Waals surface area contributed by atoms with Crippen LogP contribution in [0.2, 0.25) is 0 Å². The Kier molecular flexibility index (Phi) is 6.02. The zero-order valence-corrected chi connectivity index (χ0v) is 20.6. The van der Waals surface area contributed by atoms with Gasteiger partial charge in [-0.15, -0.1) is 11.3 Å². The topological polar surface area (TPSA) is 92.1 Å². The number of nitrogens with one attached hydrogen (secondary N) is 1. The van der Waals surface area contributed by atoms with Gasteiger partial charge in [-0.3, -0.25) is 14.3 Å². The fourth-order valence-corrected chi connectivity index (χ4v) is 6.24. The van der Waals surface area contributed by atoms with Crippen molar-refractivity contribution in [3.8, 4) is 0 Å². The normalized spacial score (nSPS) is 16.2. The molecule has 0 spiro atoms. The van der Waals surface area contributed by atoms with E-state index < -0.39 is 5.69 Å².